The quantitative estimate of drug-likeness (QED) is 0.197. The lowest BCUT2D eigenvalue weighted by molar-refractivity contribution is 0.635. The van der Waals surface area contributed by atoms with Crippen LogP contribution in [-0.2, 0) is 0 Å². The van der Waals surface area contributed by atoms with E-state index in [2.05, 4.69) is 71.9 Å². The summed E-state index contributed by atoms with van der Waals surface area (Å²) in [5, 5.41) is 25.8. The van der Waals surface area contributed by atoms with Crippen LogP contribution in [0, 0.1) is 11.2 Å². The largest absolute Gasteiger partial charge is 0.366 e. The van der Waals surface area contributed by atoms with Crippen LogP contribution in [0.4, 0.5) is 5.82 Å². The Morgan fingerprint density at radius 1 is 1.19 bits per heavy atom. The number of thiazole rings is 1. The van der Waals surface area contributed by atoms with Crippen molar-refractivity contribution < 1.29 is 0 Å². The van der Waals surface area contributed by atoms with Crippen molar-refractivity contribution in [1.29, 1.82) is 5.26 Å². The Kier molecular flexibility index (Phi) is 6.16. The number of aromatic nitrogens is 5. The first-order chi connectivity index (χ1) is 15.2. The SMILES string of the molecule is N#CB1CCC(Nc2ccc(-c3ccc(-c4cnn(PI)c4)c4ncsc34)nn2)CC1. The molecular formula is C20H18BIN7PS. The van der Waals surface area contributed by atoms with Crippen LogP contribution in [0.5, 0.6) is 0 Å². The predicted octanol–water partition coefficient (Wildman–Crippen LogP) is 5.54. The average Bonchev–Trinajstić information content (AvgIpc) is 3.50. The van der Waals surface area contributed by atoms with Crippen LogP contribution in [0.2, 0.25) is 12.6 Å². The standard InChI is InChI=1S/C20H18BIN7PS/c22-30-29-10-13(9-25-29)15-1-2-16(20-19(15)24-12-31-20)17-3-4-18(28-27-17)26-14-5-7-21(11-23)8-6-14/h1-4,9-10,12,14,30H,5-8H2,(H,26,28). The third kappa shape index (κ3) is 4.31. The maximum atomic E-state index is 9.06. The van der Waals surface area contributed by atoms with Crippen molar-refractivity contribution in [2.45, 2.75) is 31.5 Å². The van der Waals surface area contributed by atoms with Gasteiger partial charge in [-0.1, -0.05) is 24.8 Å². The number of hydrogen-bond donors (Lipinski definition) is 1. The molecule has 154 valence electrons. The zero-order chi connectivity index (χ0) is 21.2. The van der Waals surface area contributed by atoms with E-state index in [1.165, 1.54) is 0 Å². The average molecular weight is 557 g/mol. The lowest BCUT2D eigenvalue weighted by Crippen LogP contribution is -2.29. The first kappa shape index (κ1) is 20.8. The third-order valence-corrected chi connectivity index (χ3v) is 8.43. The molecule has 1 N–H and O–H groups in total. The molecule has 7 nitrogen and oxygen atoms in total. The summed E-state index contributed by atoms with van der Waals surface area (Å²) < 4.78 is 3.04. The van der Waals surface area contributed by atoms with E-state index in [0.717, 1.165) is 63.9 Å². The second-order valence-electron chi connectivity index (χ2n) is 7.57. The van der Waals surface area contributed by atoms with E-state index < -0.39 is 0 Å². The van der Waals surface area contributed by atoms with Gasteiger partial charge >= 0.3 is 0 Å². The molecule has 1 aliphatic rings. The minimum absolute atomic E-state index is 0.202. The first-order valence-corrected chi connectivity index (χ1v) is 15.0. The Morgan fingerprint density at radius 3 is 2.74 bits per heavy atom. The molecule has 0 radical (unpaired) electrons. The normalized spacial score (nSPS) is 15.0. The van der Waals surface area contributed by atoms with Crippen molar-refractivity contribution in [1.82, 2.24) is 24.7 Å². The van der Waals surface area contributed by atoms with Gasteiger partial charge in [0, 0.05) is 34.9 Å². The summed E-state index contributed by atoms with van der Waals surface area (Å²) in [5.74, 6) is 3.17. The zero-order valence-electron chi connectivity index (χ0n) is 16.5. The molecule has 1 fully saturated rings. The van der Waals surface area contributed by atoms with Crippen LogP contribution in [0.1, 0.15) is 12.8 Å². The van der Waals surface area contributed by atoms with Gasteiger partial charge in [-0.15, -0.1) is 21.5 Å². The summed E-state index contributed by atoms with van der Waals surface area (Å²) in [6.45, 7) is 0.202. The molecule has 0 saturated carbocycles. The van der Waals surface area contributed by atoms with Gasteiger partial charge in [0.15, 0.2) is 0 Å². The van der Waals surface area contributed by atoms with Crippen molar-refractivity contribution in [3.8, 4) is 28.4 Å². The van der Waals surface area contributed by atoms with Gasteiger partial charge in [-0.05, 0) is 47.0 Å². The second-order valence-corrected chi connectivity index (χ2v) is 10.5. The van der Waals surface area contributed by atoms with E-state index in [9.17, 15) is 0 Å². The van der Waals surface area contributed by atoms with Crippen molar-refractivity contribution in [3.05, 3.63) is 42.2 Å². The molecule has 31 heavy (non-hydrogen) atoms. The highest BCUT2D eigenvalue weighted by Crippen LogP contribution is 2.37. The third-order valence-electron chi connectivity index (χ3n) is 5.67. The van der Waals surface area contributed by atoms with Gasteiger partial charge in [-0.25, -0.2) is 14.7 Å². The number of fused-ring (bicyclic) bond motifs is 1. The first-order valence-electron chi connectivity index (χ1n) is 10.0. The number of hydrogen-bond acceptors (Lipinski definition) is 7. The van der Waals surface area contributed by atoms with Gasteiger partial charge in [0.2, 0.25) is 0 Å². The highest BCUT2D eigenvalue weighted by molar-refractivity contribution is 14.2. The number of rotatable bonds is 5. The molecule has 3 aromatic heterocycles. The van der Waals surface area contributed by atoms with E-state index in [-0.39, 0.29) is 6.71 Å². The van der Waals surface area contributed by atoms with Crippen molar-refractivity contribution >= 4 is 62.5 Å². The lowest BCUT2D eigenvalue weighted by Gasteiger charge is -2.24. The second kappa shape index (κ2) is 9.19. The molecule has 11 heteroatoms. The van der Waals surface area contributed by atoms with E-state index in [1.54, 1.807) is 11.3 Å². The minimum atomic E-state index is 0.202. The number of halogens is 1. The fourth-order valence-electron chi connectivity index (χ4n) is 4.02. The number of anilines is 1. The summed E-state index contributed by atoms with van der Waals surface area (Å²) in [7, 11) is 0. The highest BCUT2D eigenvalue weighted by Gasteiger charge is 2.24. The molecule has 1 atom stereocenters. The summed E-state index contributed by atoms with van der Waals surface area (Å²) >= 11 is 3.94. The Hall–Kier alpha value is -2.09. The van der Waals surface area contributed by atoms with E-state index in [4.69, 9.17) is 5.26 Å². The molecule has 0 spiro atoms. The van der Waals surface area contributed by atoms with Gasteiger partial charge in [0.1, 0.15) is 5.82 Å². The fraction of sp³-hybridized carbons (Fsp3) is 0.250. The predicted molar refractivity (Wildman–Crippen MR) is 137 cm³/mol. The van der Waals surface area contributed by atoms with Gasteiger partial charge < -0.3 is 5.32 Å². The summed E-state index contributed by atoms with van der Waals surface area (Å²) in [4.78, 5) is 4.62. The Morgan fingerprint density at radius 2 is 2.03 bits per heavy atom. The maximum absolute atomic E-state index is 9.06. The summed E-state index contributed by atoms with van der Waals surface area (Å²) in [5.41, 5.74) is 6.88. The molecule has 1 unspecified atom stereocenters. The number of nitrogens with one attached hydrogen (secondary N) is 1. The van der Waals surface area contributed by atoms with E-state index in [1.807, 2.05) is 28.3 Å². The van der Waals surface area contributed by atoms with Crippen molar-refractivity contribution in [2.24, 2.45) is 0 Å². The molecule has 1 saturated heterocycles. The molecule has 0 aliphatic carbocycles. The Bertz CT molecular complexity index is 1240. The number of nitrogens with zero attached hydrogens (tertiary/aromatic N) is 6. The van der Waals surface area contributed by atoms with Gasteiger partial charge in [0.05, 0.1) is 34.0 Å². The lowest BCUT2D eigenvalue weighted by atomic mass is 9.42. The fourth-order valence-corrected chi connectivity index (χ4v) is 5.94. The molecule has 4 aromatic rings. The minimum Gasteiger partial charge on any atom is -0.366 e. The molecule has 1 aliphatic heterocycles. The smallest absolute Gasteiger partial charge is 0.268 e. The number of benzene rings is 1. The number of nitriles is 1. The van der Waals surface area contributed by atoms with E-state index in [0.29, 0.717) is 12.4 Å². The van der Waals surface area contributed by atoms with Crippen LogP contribution in [-0.4, -0.2) is 37.5 Å². The summed E-state index contributed by atoms with van der Waals surface area (Å²) in [6.07, 6.45) is 8.42. The van der Waals surface area contributed by atoms with Crippen molar-refractivity contribution in [3.63, 3.8) is 0 Å². The highest BCUT2D eigenvalue weighted by atomic mass is 127. The van der Waals surface area contributed by atoms with Crippen LogP contribution in [0.3, 0.4) is 0 Å². The zero-order valence-corrected chi connectivity index (χ0v) is 20.5. The maximum Gasteiger partial charge on any atom is 0.268 e. The van der Waals surface area contributed by atoms with E-state index >= 15 is 0 Å². The summed E-state index contributed by atoms with van der Waals surface area (Å²) in [6, 6.07) is 8.56. The van der Waals surface area contributed by atoms with Crippen LogP contribution in [0.15, 0.2) is 42.2 Å². The molecule has 5 rings (SSSR count). The molecular weight excluding hydrogens is 539 g/mol. The van der Waals surface area contributed by atoms with Crippen LogP contribution >= 0.6 is 39.8 Å². The van der Waals surface area contributed by atoms with Gasteiger partial charge in [-0.3, -0.25) is 0 Å². The Labute approximate surface area is 199 Å². The molecule has 0 bridgehead atoms. The topological polar surface area (TPSA) is 92.3 Å². The molecule has 4 heterocycles. The van der Waals surface area contributed by atoms with Gasteiger partial charge in [0.25, 0.3) is 6.71 Å². The van der Waals surface area contributed by atoms with Crippen LogP contribution < -0.4 is 5.32 Å². The molecule has 1 aromatic carbocycles. The van der Waals surface area contributed by atoms with Gasteiger partial charge in [-0.2, -0.15) is 5.10 Å². The van der Waals surface area contributed by atoms with Crippen molar-refractivity contribution in [2.75, 3.05) is 5.32 Å². The van der Waals surface area contributed by atoms with Crippen LogP contribution in [0.25, 0.3) is 32.6 Å². The Balaban J connectivity index is 1.38. The molecule has 0 amide bonds. The monoisotopic (exact) mass is 557 g/mol.